The van der Waals surface area contributed by atoms with Gasteiger partial charge in [0.25, 0.3) is 0 Å². The van der Waals surface area contributed by atoms with Crippen LogP contribution < -0.4 is 5.32 Å². The summed E-state index contributed by atoms with van der Waals surface area (Å²) in [5.41, 5.74) is 0.188. The number of esters is 1. The van der Waals surface area contributed by atoms with Gasteiger partial charge in [-0.15, -0.1) is 0 Å². The van der Waals surface area contributed by atoms with Crippen molar-refractivity contribution < 1.29 is 9.53 Å². The van der Waals surface area contributed by atoms with Gasteiger partial charge in [-0.25, -0.2) is 14.8 Å². The molecule has 0 saturated heterocycles. The van der Waals surface area contributed by atoms with Crippen LogP contribution in [0.15, 0.2) is 12.4 Å². The van der Waals surface area contributed by atoms with E-state index >= 15 is 0 Å². The van der Waals surface area contributed by atoms with Crippen molar-refractivity contribution in [1.82, 2.24) is 9.97 Å². The fourth-order valence-electron chi connectivity index (χ4n) is 1.98. The number of methoxy groups -OCH3 is 1. The van der Waals surface area contributed by atoms with Crippen LogP contribution in [0, 0.1) is 0 Å². The number of carbonyl (C=O) groups is 1. The summed E-state index contributed by atoms with van der Waals surface area (Å²) in [5, 5.41) is 3.18. The lowest BCUT2D eigenvalue weighted by molar-refractivity contribution is -0.145. The Labute approximate surface area is 114 Å². The van der Waals surface area contributed by atoms with E-state index in [-0.39, 0.29) is 5.97 Å². The van der Waals surface area contributed by atoms with E-state index in [2.05, 4.69) is 29.1 Å². The van der Waals surface area contributed by atoms with Crippen molar-refractivity contribution >= 4 is 11.8 Å². The number of ether oxygens (including phenoxy) is 1. The largest absolute Gasteiger partial charge is 0.467 e. The van der Waals surface area contributed by atoms with Gasteiger partial charge in [-0.05, 0) is 19.3 Å². The Morgan fingerprint density at radius 2 is 2.16 bits per heavy atom. The molecule has 19 heavy (non-hydrogen) atoms. The third-order valence-electron chi connectivity index (χ3n) is 3.07. The van der Waals surface area contributed by atoms with Crippen LogP contribution in [-0.2, 0) is 9.53 Å². The summed E-state index contributed by atoms with van der Waals surface area (Å²) >= 11 is 0. The lowest BCUT2D eigenvalue weighted by Crippen LogP contribution is -2.44. The smallest absolute Gasteiger partial charge is 0.331 e. The molecule has 1 atom stereocenters. The quantitative estimate of drug-likeness (QED) is 0.801. The van der Waals surface area contributed by atoms with E-state index in [0.29, 0.717) is 18.2 Å². The molecule has 5 heteroatoms. The number of carbonyl (C=O) groups excluding carboxylic acids is 1. The summed E-state index contributed by atoms with van der Waals surface area (Å²) in [5.74, 6) is 0.693. The van der Waals surface area contributed by atoms with Crippen LogP contribution in [0.5, 0.6) is 0 Å². The highest BCUT2D eigenvalue weighted by atomic mass is 16.5. The molecule has 0 amide bonds. The second-order valence-electron chi connectivity index (χ2n) is 5.18. The molecule has 0 spiro atoms. The van der Waals surface area contributed by atoms with Crippen LogP contribution in [0.1, 0.15) is 52.1 Å². The predicted molar refractivity (Wildman–Crippen MR) is 75.1 cm³/mol. The van der Waals surface area contributed by atoms with Crippen LogP contribution in [0.2, 0.25) is 0 Å². The minimum atomic E-state index is -0.758. The monoisotopic (exact) mass is 265 g/mol. The van der Waals surface area contributed by atoms with Crippen molar-refractivity contribution in [2.24, 2.45) is 0 Å². The van der Waals surface area contributed by atoms with Gasteiger partial charge in [0, 0.05) is 11.8 Å². The summed E-state index contributed by atoms with van der Waals surface area (Å²) < 4.78 is 4.87. The summed E-state index contributed by atoms with van der Waals surface area (Å²) in [6.45, 7) is 8.00. The Morgan fingerprint density at radius 3 is 2.68 bits per heavy atom. The van der Waals surface area contributed by atoms with E-state index in [4.69, 9.17) is 4.74 Å². The van der Waals surface area contributed by atoms with Crippen molar-refractivity contribution in [3.63, 3.8) is 0 Å². The fourth-order valence-corrected chi connectivity index (χ4v) is 1.98. The lowest BCUT2D eigenvalue weighted by atomic mass is 9.96. The van der Waals surface area contributed by atoms with Gasteiger partial charge in [0.1, 0.15) is 17.7 Å². The standard InChI is InChI=1S/C14H23N3O2/c1-6-7-14(4,13(18)19-5)17-12-8-11(10(2)3)15-9-16-12/h8-10H,6-7H2,1-5H3,(H,15,16,17). The Kier molecular flexibility index (Phi) is 5.27. The molecule has 0 fully saturated rings. The van der Waals surface area contributed by atoms with E-state index < -0.39 is 5.54 Å². The van der Waals surface area contributed by atoms with Crippen molar-refractivity contribution in [3.05, 3.63) is 18.1 Å². The molecule has 0 saturated carbocycles. The normalized spacial score (nSPS) is 14.0. The molecule has 1 unspecified atom stereocenters. The van der Waals surface area contributed by atoms with E-state index in [9.17, 15) is 4.79 Å². The van der Waals surface area contributed by atoms with Gasteiger partial charge in [-0.2, -0.15) is 0 Å². The van der Waals surface area contributed by atoms with Gasteiger partial charge in [-0.1, -0.05) is 27.2 Å². The molecular weight excluding hydrogens is 242 g/mol. The molecule has 0 radical (unpaired) electrons. The minimum Gasteiger partial charge on any atom is -0.467 e. The number of rotatable bonds is 6. The SMILES string of the molecule is CCCC(C)(Nc1cc(C(C)C)ncn1)C(=O)OC. The molecule has 1 N–H and O–H groups in total. The maximum atomic E-state index is 11.9. The second-order valence-corrected chi connectivity index (χ2v) is 5.18. The summed E-state index contributed by atoms with van der Waals surface area (Å²) in [7, 11) is 1.40. The van der Waals surface area contributed by atoms with Gasteiger partial charge < -0.3 is 10.1 Å². The number of aromatic nitrogens is 2. The van der Waals surface area contributed by atoms with E-state index in [0.717, 1.165) is 12.1 Å². The molecule has 5 nitrogen and oxygen atoms in total. The predicted octanol–water partition coefficient (Wildman–Crippen LogP) is 2.74. The zero-order valence-electron chi connectivity index (χ0n) is 12.4. The topological polar surface area (TPSA) is 64.1 Å². The molecule has 0 aromatic carbocycles. The first kappa shape index (κ1) is 15.4. The van der Waals surface area contributed by atoms with Crippen LogP contribution in [0.25, 0.3) is 0 Å². The van der Waals surface area contributed by atoms with Crippen molar-refractivity contribution in [2.75, 3.05) is 12.4 Å². The molecule has 1 heterocycles. The van der Waals surface area contributed by atoms with E-state index in [1.165, 1.54) is 13.4 Å². The number of nitrogens with zero attached hydrogens (tertiary/aromatic N) is 2. The molecule has 1 rings (SSSR count). The van der Waals surface area contributed by atoms with Crippen LogP contribution in [-0.4, -0.2) is 28.6 Å². The van der Waals surface area contributed by atoms with Crippen LogP contribution in [0.3, 0.4) is 0 Å². The fraction of sp³-hybridized carbons (Fsp3) is 0.643. The summed E-state index contributed by atoms with van der Waals surface area (Å²) in [6.07, 6.45) is 3.07. The Hall–Kier alpha value is -1.65. The zero-order valence-corrected chi connectivity index (χ0v) is 12.4. The maximum absolute atomic E-state index is 11.9. The summed E-state index contributed by atoms with van der Waals surface area (Å²) in [6, 6.07) is 1.88. The number of hydrogen-bond donors (Lipinski definition) is 1. The van der Waals surface area contributed by atoms with Crippen LogP contribution >= 0.6 is 0 Å². The molecule has 1 aromatic rings. The first-order chi connectivity index (χ1) is 8.92. The van der Waals surface area contributed by atoms with E-state index in [1.54, 1.807) is 0 Å². The average Bonchev–Trinajstić information content (AvgIpc) is 2.38. The van der Waals surface area contributed by atoms with Crippen molar-refractivity contribution in [1.29, 1.82) is 0 Å². The van der Waals surface area contributed by atoms with Gasteiger partial charge in [0.2, 0.25) is 0 Å². The van der Waals surface area contributed by atoms with Gasteiger partial charge in [0.05, 0.1) is 7.11 Å². The minimum absolute atomic E-state index is 0.279. The first-order valence-electron chi connectivity index (χ1n) is 6.61. The molecule has 0 aliphatic heterocycles. The van der Waals surface area contributed by atoms with Crippen molar-refractivity contribution in [2.45, 2.75) is 52.0 Å². The van der Waals surface area contributed by atoms with Gasteiger partial charge in [0.15, 0.2) is 0 Å². The second kappa shape index (κ2) is 6.50. The molecule has 0 aliphatic carbocycles. The zero-order chi connectivity index (χ0) is 14.5. The molecule has 0 aliphatic rings. The molecular formula is C14H23N3O2. The molecule has 0 bridgehead atoms. The summed E-state index contributed by atoms with van der Waals surface area (Å²) in [4.78, 5) is 20.3. The Balaban J connectivity index is 2.96. The highest BCUT2D eigenvalue weighted by Gasteiger charge is 2.33. The highest BCUT2D eigenvalue weighted by Crippen LogP contribution is 2.22. The number of nitrogens with one attached hydrogen (secondary N) is 1. The Bertz CT molecular complexity index is 434. The third-order valence-corrected chi connectivity index (χ3v) is 3.07. The Morgan fingerprint density at radius 1 is 1.47 bits per heavy atom. The van der Waals surface area contributed by atoms with E-state index in [1.807, 2.05) is 19.9 Å². The number of anilines is 1. The van der Waals surface area contributed by atoms with Crippen LogP contribution in [0.4, 0.5) is 5.82 Å². The maximum Gasteiger partial charge on any atom is 0.331 e. The molecule has 106 valence electrons. The first-order valence-corrected chi connectivity index (χ1v) is 6.61. The number of hydrogen-bond acceptors (Lipinski definition) is 5. The third kappa shape index (κ3) is 3.91. The average molecular weight is 265 g/mol. The molecule has 1 aromatic heterocycles. The highest BCUT2D eigenvalue weighted by molar-refractivity contribution is 5.83. The lowest BCUT2D eigenvalue weighted by Gasteiger charge is -2.28. The van der Waals surface area contributed by atoms with Crippen molar-refractivity contribution in [3.8, 4) is 0 Å². The van der Waals surface area contributed by atoms with Gasteiger partial charge >= 0.3 is 5.97 Å². The van der Waals surface area contributed by atoms with Gasteiger partial charge in [-0.3, -0.25) is 0 Å².